The van der Waals surface area contributed by atoms with Crippen LogP contribution in [0, 0.1) is 5.95 Å². The van der Waals surface area contributed by atoms with Crippen LogP contribution in [0.15, 0.2) is 24.7 Å². The van der Waals surface area contributed by atoms with Crippen LogP contribution in [0.5, 0.6) is 0 Å². The molecule has 66 valence electrons. The smallest absolute Gasteiger partial charge is 0.224 e. The molecular weight excluding hydrogens is 171 g/mol. The molecule has 2 aromatic heterocycles. The van der Waals surface area contributed by atoms with E-state index in [1.165, 1.54) is 12.5 Å². The van der Waals surface area contributed by atoms with Gasteiger partial charge in [-0.15, -0.1) is 0 Å². The maximum absolute atomic E-state index is 13.2. The number of imidazole rings is 1. The van der Waals surface area contributed by atoms with Crippen LogP contribution in [0.1, 0.15) is 0 Å². The molecule has 0 aliphatic carbocycles. The molecule has 0 spiro atoms. The van der Waals surface area contributed by atoms with Crippen LogP contribution < -0.4 is 5.73 Å². The minimum absolute atomic E-state index is 0.167. The van der Waals surface area contributed by atoms with Gasteiger partial charge in [0.05, 0.1) is 23.8 Å². The molecule has 0 saturated heterocycles. The van der Waals surface area contributed by atoms with E-state index in [0.717, 1.165) is 0 Å². The summed E-state index contributed by atoms with van der Waals surface area (Å²) < 4.78 is 13.2. The molecular formula is C8H7FN4. The number of halogens is 1. The van der Waals surface area contributed by atoms with Gasteiger partial charge in [0.2, 0.25) is 5.95 Å². The zero-order chi connectivity index (χ0) is 9.26. The van der Waals surface area contributed by atoms with Crippen molar-refractivity contribution in [2.75, 3.05) is 5.73 Å². The molecule has 0 aliphatic heterocycles. The van der Waals surface area contributed by atoms with E-state index in [1.54, 1.807) is 12.1 Å². The first kappa shape index (κ1) is 7.72. The number of rotatable bonds is 1. The highest BCUT2D eigenvalue weighted by molar-refractivity contribution is 5.58. The molecule has 5 heteroatoms. The second-order valence-electron chi connectivity index (χ2n) is 2.54. The topological polar surface area (TPSA) is 67.6 Å². The van der Waals surface area contributed by atoms with E-state index in [4.69, 9.17) is 5.73 Å². The zero-order valence-corrected chi connectivity index (χ0v) is 6.66. The maximum Gasteiger partial charge on any atom is 0.224 e. The lowest BCUT2D eigenvalue weighted by atomic mass is 10.2. The molecule has 0 radical (unpaired) electrons. The van der Waals surface area contributed by atoms with E-state index in [9.17, 15) is 4.39 Å². The second-order valence-corrected chi connectivity index (χ2v) is 2.54. The van der Waals surface area contributed by atoms with Gasteiger partial charge in [0.15, 0.2) is 0 Å². The number of H-pyrrole nitrogens is 1. The highest BCUT2D eigenvalue weighted by Gasteiger charge is 2.06. The number of aromatic amines is 1. The molecule has 2 heterocycles. The molecule has 0 aliphatic rings. The average Bonchev–Trinajstić information content (AvgIpc) is 2.56. The third kappa shape index (κ3) is 1.35. The van der Waals surface area contributed by atoms with Gasteiger partial charge < -0.3 is 10.7 Å². The van der Waals surface area contributed by atoms with E-state index >= 15 is 0 Å². The summed E-state index contributed by atoms with van der Waals surface area (Å²) in [6.07, 6.45) is 3.00. The molecule has 0 saturated carbocycles. The summed E-state index contributed by atoms with van der Waals surface area (Å²) in [5.74, 6) is -0.426. The number of nitrogens with two attached hydrogens (primary N) is 1. The summed E-state index contributed by atoms with van der Waals surface area (Å²) in [4.78, 5) is 10.1. The molecule has 0 bridgehead atoms. The number of hydrogen-bond donors (Lipinski definition) is 2. The fraction of sp³-hybridized carbons (Fsp3) is 0. The van der Waals surface area contributed by atoms with Crippen LogP contribution in [-0.2, 0) is 0 Å². The molecule has 0 amide bonds. The standard InChI is InChI=1S/C8H7FN4/c9-8-5(1-2-7(10)13-8)6-3-11-4-12-6/h1-4H,(H2,10,13)(H,11,12). The van der Waals surface area contributed by atoms with Gasteiger partial charge in [0.25, 0.3) is 0 Å². The summed E-state index contributed by atoms with van der Waals surface area (Å²) in [7, 11) is 0. The normalized spacial score (nSPS) is 10.2. The Morgan fingerprint density at radius 1 is 1.38 bits per heavy atom. The van der Waals surface area contributed by atoms with Crippen molar-refractivity contribution in [3.8, 4) is 11.3 Å². The number of nitrogen functional groups attached to an aromatic ring is 1. The number of aromatic nitrogens is 3. The summed E-state index contributed by atoms with van der Waals surface area (Å²) in [5, 5.41) is 0. The van der Waals surface area contributed by atoms with E-state index in [2.05, 4.69) is 15.0 Å². The number of nitrogens with zero attached hydrogens (tertiary/aromatic N) is 2. The van der Waals surface area contributed by atoms with Crippen LogP contribution >= 0.6 is 0 Å². The Morgan fingerprint density at radius 2 is 2.23 bits per heavy atom. The lowest BCUT2D eigenvalue weighted by molar-refractivity contribution is 0.589. The van der Waals surface area contributed by atoms with Crippen molar-refractivity contribution in [2.24, 2.45) is 0 Å². The minimum atomic E-state index is -0.593. The van der Waals surface area contributed by atoms with Crippen molar-refractivity contribution < 1.29 is 4.39 Å². The van der Waals surface area contributed by atoms with Crippen molar-refractivity contribution in [3.63, 3.8) is 0 Å². The van der Waals surface area contributed by atoms with E-state index < -0.39 is 5.95 Å². The fourth-order valence-corrected chi connectivity index (χ4v) is 1.05. The molecule has 0 fully saturated rings. The predicted octanol–water partition coefficient (Wildman–Crippen LogP) is 1.19. The molecule has 13 heavy (non-hydrogen) atoms. The van der Waals surface area contributed by atoms with Crippen molar-refractivity contribution >= 4 is 5.82 Å². The van der Waals surface area contributed by atoms with Crippen LogP contribution in [0.3, 0.4) is 0 Å². The average molecular weight is 178 g/mol. The van der Waals surface area contributed by atoms with Crippen LogP contribution in [0.4, 0.5) is 10.2 Å². The van der Waals surface area contributed by atoms with Crippen molar-refractivity contribution in [1.82, 2.24) is 15.0 Å². The lowest BCUT2D eigenvalue weighted by Crippen LogP contribution is -1.94. The van der Waals surface area contributed by atoms with Gasteiger partial charge in [-0.25, -0.2) is 9.97 Å². The molecule has 3 N–H and O–H groups in total. The Kier molecular flexibility index (Phi) is 1.70. The summed E-state index contributed by atoms with van der Waals surface area (Å²) >= 11 is 0. The molecule has 0 unspecified atom stereocenters. The number of anilines is 1. The third-order valence-corrected chi connectivity index (χ3v) is 1.66. The Labute approximate surface area is 73.6 Å². The molecule has 0 aromatic carbocycles. The quantitative estimate of drug-likeness (QED) is 0.644. The van der Waals surface area contributed by atoms with Gasteiger partial charge >= 0.3 is 0 Å². The Hall–Kier alpha value is -1.91. The molecule has 2 aromatic rings. The first-order valence-electron chi connectivity index (χ1n) is 3.68. The molecule has 0 atom stereocenters. The van der Waals surface area contributed by atoms with E-state index in [0.29, 0.717) is 11.3 Å². The van der Waals surface area contributed by atoms with Gasteiger partial charge in [-0.3, -0.25) is 0 Å². The van der Waals surface area contributed by atoms with E-state index in [1.807, 2.05) is 0 Å². The highest BCUT2D eigenvalue weighted by atomic mass is 19.1. The number of nitrogens with one attached hydrogen (secondary N) is 1. The van der Waals surface area contributed by atoms with E-state index in [-0.39, 0.29) is 5.82 Å². The van der Waals surface area contributed by atoms with Crippen molar-refractivity contribution in [1.29, 1.82) is 0 Å². The zero-order valence-electron chi connectivity index (χ0n) is 6.66. The van der Waals surface area contributed by atoms with Gasteiger partial charge in [-0.1, -0.05) is 0 Å². The highest BCUT2D eigenvalue weighted by Crippen LogP contribution is 2.19. The van der Waals surface area contributed by atoms with Crippen LogP contribution in [0.2, 0.25) is 0 Å². The van der Waals surface area contributed by atoms with Gasteiger partial charge in [-0.05, 0) is 12.1 Å². The Bertz CT molecular complexity index is 410. The summed E-state index contributed by atoms with van der Waals surface area (Å²) in [6.45, 7) is 0. The number of pyridine rings is 1. The monoisotopic (exact) mass is 178 g/mol. The first-order chi connectivity index (χ1) is 6.27. The fourth-order valence-electron chi connectivity index (χ4n) is 1.05. The summed E-state index contributed by atoms with van der Waals surface area (Å²) in [6, 6.07) is 3.10. The van der Waals surface area contributed by atoms with Crippen molar-refractivity contribution in [3.05, 3.63) is 30.6 Å². The van der Waals surface area contributed by atoms with Gasteiger partial charge in [0, 0.05) is 0 Å². The maximum atomic E-state index is 13.2. The molecule has 4 nitrogen and oxygen atoms in total. The largest absolute Gasteiger partial charge is 0.384 e. The minimum Gasteiger partial charge on any atom is -0.384 e. The van der Waals surface area contributed by atoms with Crippen LogP contribution in [0.25, 0.3) is 11.3 Å². The van der Waals surface area contributed by atoms with Gasteiger partial charge in [0.1, 0.15) is 5.82 Å². The number of hydrogen-bond acceptors (Lipinski definition) is 3. The lowest BCUT2D eigenvalue weighted by Gasteiger charge is -1.99. The second kappa shape index (κ2) is 2.85. The predicted molar refractivity (Wildman–Crippen MR) is 46.2 cm³/mol. The molecule has 2 rings (SSSR count). The van der Waals surface area contributed by atoms with Crippen molar-refractivity contribution in [2.45, 2.75) is 0 Å². The Morgan fingerprint density at radius 3 is 2.85 bits per heavy atom. The summed E-state index contributed by atoms with van der Waals surface area (Å²) in [5.41, 5.74) is 6.26. The van der Waals surface area contributed by atoms with Gasteiger partial charge in [-0.2, -0.15) is 4.39 Å². The third-order valence-electron chi connectivity index (χ3n) is 1.66. The Balaban J connectivity index is 2.53. The first-order valence-corrected chi connectivity index (χ1v) is 3.68. The van der Waals surface area contributed by atoms with Crippen LogP contribution in [-0.4, -0.2) is 15.0 Å². The SMILES string of the molecule is Nc1ccc(-c2cnc[nH]2)c(F)n1.